The maximum absolute atomic E-state index is 9.47. The molecule has 0 amide bonds. The predicted octanol–water partition coefficient (Wildman–Crippen LogP) is 0.826. The van der Waals surface area contributed by atoms with Crippen molar-refractivity contribution in [3.63, 3.8) is 0 Å². The number of hydrogen-bond acceptors (Lipinski definition) is 4. The number of hydrogen-bond donors (Lipinski definition) is 2. The normalized spacial score (nSPS) is 27.1. The molecule has 1 atom stereocenters. The minimum absolute atomic E-state index is 0.134. The molecule has 90 valence electrons. The molecule has 2 N–H and O–H groups in total. The highest BCUT2D eigenvalue weighted by Crippen LogP contribution is 2.22. The monoisotopic (exact) mass is 224 g/mol. The van der Waals surface area contributed by atoms with Gasteiger partial charge in [0.05, 0.1) is 25.0 Å². The van der Waals surface area contributed by atoms with E-state index in [4.69, 9.17) is 4.42 Å². The Balaban J connectivity index is 1.96. The molecular formula is C12H20N2O2. The van der Waals surface area contributed by atoms with Crippen LogP contribution in [0.3, 0.4) is 0 Å². The highest BCUT2D eigenvalue weighted by atomic mass is 16.3. The third-order valence-corrected chi connectivity index (χ3v) is 3.45. The summed E-state index contributed by atoms with van der Waals surface area (Å²) < 4.78 is 5.35. The summed E-state index contributed by atoms with van der Waals surface area (Å²) in [7, 11) is 1.92. The highest BCUT2D eigenvalue weighted by molar-refractivity contribution is 5.00. The van der Waals surface area contributed by atoms with Crippen LogP contribution >= 0.6 is 0 Å². The lowest BCUT2D eigenvalue weighted by Gasteiger charge is -2.41. The second-order valence-electron chi connectivity index (χ2n) is 4.58. The van der Waals surface area contributed by atoms with Crippen LogP contribution in [0.5, 0.6) is 0 Å². The molecule has 16 heavy (non-hydrogen) atoms. The molecule has 1 aromatic rings. The van der Waals surface area contributed by atoms with Gasteiger partial charge in [-0.05, 0) is 38.6 Å². The smallest absolute Gasteiger partial charge is 0.117 e. The molecule has 0 aromatic carbocycles. The van der Waals surface area contributed by atoms with Gasteiger partial charge in [-0.25, -0.2) is 0 Å². The third-order valence-electron chi connectivity index (χ3n) is 3.45. The zero-order valence-electron chi connectivity index (χ0n) is 9.78. The summed E-state index contributed by atoms with van der Waals surface area (Å²) in [6.45, 7) is 2.97. The van der Waals surface area contributed by atoms with Gasteiger partial charge in [0.1, 0.15) is 5.76 Å². The molecule has 2 heterocycles. The van der Waals surface area contributed by atoms with E-state index in [0.29, 0.717) is 0 Å². The van der Waals surface area contributed by atoms with Crippen molar-refractivity contribution in [3.8, 4) is 0 Å². The van der Waals surface area contributed by atoms with Crippen molar-refractivity contribution in [2.24, 2.45) is 0 Å². The average Bonchev–Trinajstić information content (AvgIpc) is 2.82. The van der Waals surface area contributed by atoms with Crippen molar-refractivity contribution >= 4 is 0 Å². The van der Waals surface area contributed by atoms with Crippen LogP contribution in [-0.4, -0.2) is 42.3 Å². The molecule has 1 aliphatic heterocycles. The Labute approximate surface area is 96.2 Å². The topological polar surface area (TPSA) is 48.6 Å². The van der Waals surface area contributed by atoms with E-state index in [9.17, 15) is 5.11 Å². The number of likely N-dealkylation sites (N-methyl/N-ethyl adjacent to an activating group) is 1. The van der Waals surface area contributed by atoms with Crippen LogP contribution in [0.2, 0.25) is 0 Å². The lowest BCUT2D eigenvalue weighted by molar-refractivity contribution is 0.0655. The van der Waals surface area contributed by atoms with Crippen molar-refractivity contribution < 1.29 is 9.52 Å². The second-order valence-corrected chi connectivity index (χ2v) is 4.58. The van der Waals surface area contributed by atoms with Crippen molar-refractivity contribution in [2.45, 2.75) is 24.9 Å². The second kappa shape index (κ2) is 4.99. The first-order chi connectivity index (χ1) is 7.78. The van der Waals surface area contributed by atoms with Gasteiger partial charge in [-0.2, -0.15) is 0 Å². The van der Waals surface area contributed by atoms with Crippen LogP contribution in [0.4, 0.5) is 0 Å². The Hall–Kier alpha value is -0.840. The van der Waals surface area contributed by atoms with Crippen LogP contribution in [0.25, 0.3) is 0 Å². The first kappa shape index (κ1) is 11.6. The van der Waals surface area contributed by atoms with Gasteiger partial charge in [0.25, 0.3) is 0 Å². The number of nitrogens with zero attached hydrogens (tertiary/aromatic N) is 1. The first-order valence-corrected chi connectivity index (χ1v) is 5.82. The molecule has 1 aromatic heterocycles. The number of likely N-dealkylation sites (tertiary alicyclic amines) is 1. The lowest BCUT2D eigenvalue weighted by Crippen LogP contribution is -2.57. The van der Waals surface area contributed by atoms with Gasteiger partial charge in [-0.1, -0.05) is 0 Å². The maximum atomic E-state index is 9.47. The molecule has 0 bridgehead atoms. The molecule has 0 saturated carbocycles. The quantitative estimate of drug-likeness (QED) is 0.795. The zero-order chi connectivity index (χ0) is 11.4. The Morgan fingerprint density at radius 1 is 1.62 bits per heavy atom. The number of rotatable bonds is 4. The number of aliphatic hydroxyl groups is 1. The molecule has 1 unspecified atom stereocenters. The summed E-state index contributed by atoms with van der Waals surface area (Å²) in [5.74, 6) is 0.991. The summed E-state index contributed by atoms with van der Waals surface area (Å²) in [6, 6.07) is 3.91. The summed E-state index contributed by atoms with van der Waals surface area (Å²) in [5.41, 5.74) is -0.134. The largest absolute Gasteiger partial charge is 0.468 e. The lowest BCUT2D eigenvalue weighted by atomic mass is 9.90. The van der Waals surface area contributed by atoms with Crippen LogP contribution in [0.15, 0.2) is 22.8 Å². The van der Waals surface area contributed by atoms with Gasteiger partial charge in [-0.3, -0.25) is 4.90 Å². The van der Waals surface area contributed by atoms with Crippen LogP contribution < -0.4 is 5.32 Å². The Kier molecular flexibility index (Phi) is 3.63. The molecule has 4 heteroatoms. The van der Waals surface area contributed by atoms with Gasteiger partial charge < -0.3 is 14.8 Å². The Bertz CT molecular complexity index is 307. The van der Waals surface area contributed by atoms with Gasteiger partial charge in [0, 0.05) is 6.54 Å². The number of aliphatic hydroxyl groups excluding tert-OH is 1. The maximum Gasteiger partial charge on any atom is 0.117 e. The van der Waals surface area contributed by atoms with Crippen molar-refractivity contribution in [2.75, 3.05) is 26.7 Å². The van der Waals surface area contributed by atoms with Crippen LogP contribution in [0.1, 0.15) is 18.6 Å². The van der Waals surface area contributed by atoms with E-state index in [1.165, 1.54) is 0 Å². The highest BCUT2D eigenvalue weighted by Gasteiger charge is 2.33. The molecule has 4 nitrogen and oxygen atoms in total. The van der Waals surface area contributed by atoms with E-state index < -0.39 is 0 Å². The Morgan fingerprint density at radius 2 is 2.50 bits per heavy atom. The van der Waals surface area contributed by atoms with E-state index >= 15 is 0 Å². The SMILES string of the molecule is CNC1(CO)CCCN(Cc2ccco2)C1. The summed E-state index contributed by atoms with van der Waals surface area (Å²) in [6.07, 6.45) is 3.85. The molecule has 0 aliphatic carbocycles. The van der Waals surface area contributed by atoms with Crippen molar-refractivity contribution in [1.82, 2.24) is 10.2 Å². The van der Waals surface area contributed by atoms with Gasteiger partial charge in [0.15, 0.2) is 0 Å². The van der Waals surface area contributed by atoms with E-state index in [-0.39, 0.29) is 12.1 Å². The molecule has 1 aliphatic rings. The molecule has 1 fully saturated rings. The zero-order valence-corrected chi connectivity index (χ0v) is 9.78. The van der Waals surface area contributed by atoms with Gasteiger partial charge in [0.2, 0.25) is 0 Å². The first-order valence-electron chi connectivity index (χ1n) is 5.82. The van der Waals surface area contributed by atoms with E-state index in [2.05, 4.69) is 10.2 Å². The number of piperidine rings is 1. The minimum atomic E-state index is -0.134. The standard InChI is InChI=1S/C12H20N2O2/c1-13-12(10-15)5-3-6-14(9-12)8-11-4-2-7-16-11/h2,4,7,13,15H,3,5-6,8-10H2,1H3. The van der Waals surface area contributed by atoms with Crippen molar-refractivity contribution in [3.05, 3.63) is 24.2 Å². The molecule has 2 rings (SSSR count). The molecule has 0 spiro atoms. The Morgan fingerprint density at radius 3 is 3.12 bits per heavy atom. The van der Waals surface area contributed by atoms with Crippen LogP contribution in [0, 0.1) is 0 Å². The molecular weight excluding hydrogens is 204 g/mol. The number of nitrogens with one attached hydrogen (secondary N) is 1. The third kappa shape index (κ3) is 2.45. The van der Waals surface area contributed by atoms with Gasteiger partial charge >= 0.3 is 0 Å². The van der Waals surface area contributed by atoms with Gasteiger partial charge in [-0.15, -0.1) is 0 Å². The average molecular weight is 224 g/mol. The molecule has 1 saturated heterocycles. The summed E-state index contributed by atoms with van der Waals surface area (Å²) in [5, 5.41) is 12.7. The van der Waals surface area contributed by atoms with E-state index in [0.717, 1.165) is 38.2 Å². The number of furan rings is 1. The molecule has 0 radical (unpaired) electrons. The predicted molar refractivity (Wildman–Crippen MR) is 62.1 cm³/mol. The fourth-order valence-corrected chi connectivity index (χ4v) is 2.40. The fourth-order valence-electron chi connectivity index (χ4n) is 2.40. The fraction of sp³-hybridized carbons (Fsp3) is 0.667. The minimum Gasteiger partial charge on any atom is -0.468 e. The van der Waals surface area contributed by atoms with E-state index in [1.54, 1.807) is 6.26 Å². The van der Waals surface area contributed by atoms with E-state index in [1.807, 2.05) is 19.2 Å². The van der Waals surface area contributed by atoms with Crippen LogP contribution in [-0.2, 0) is 6.54 Å². The van der Waals surface area contributed by atoms with Crippen molar-refractivity contribution in [1.29, 1.82) is 0 Å². The summed E-state index contributed by atoms with van der Waals surface area (Å²) in [4.78, 5) is 2.33. The summed E-state index contributed by atoms with van der Waals surface area (Å²) >= 11 is 0.